The molecule has 5 nitrogen and oxygen atoms in total. The van der Waals surface area contributed by atoms with Crippen molar-refractivity contribution in [3.8, 4) is 0 Å². The van der Waals surface area contributed by atoms with E-state index in [1.165, 1.54) is 0 Å². The number of H-pyrrole nitrogens is 2. The molecule has 0 aliphatic heterocycles. The standard InChI is InChI=1S/C11H20N4OS/c1-3-15(4-2)6-5-12-7-9-8-13-11(17)14-10(9)16/h8,12H,3-7H2,1-2H3,(H2,13,14,16,17). The highest BCUT2D eigenvalue weighted by molar-refractivity contribution is 7.71. The second kappa shape index (κ2) is 7.37. The maximum Gasteiger partial charge on any atom is 0.256 e. The predicted octanol–water partition coefficient (Wildman–Crippen LogP) is 0.864. The summed E-state index contributed by atoms with van der Waals surface area (Å²) in [5, 5.41) is 3.25. The zero-order valence-corrected chi connectivity index (χ0v) is 11.2. The molecule has 17 heavy (non-hydrogen) atoms. The van der Waals surface area contributed by atoms with E-state index in [9.17, 15) is 4.79 Å². The Kier molecular flexibility index (Phi) is 6.10. The van der Waals surface area contributed by atoms with Crippen LogP contribution in [0.5, 0.6) is 0 Å². The van der Waals surface area contributed by atoms with Gasteiger partial charge in [0.25, 0.3) is 5.56 Å². The van der Waals surface area contributed by atoms with Gasteiger partial charge in [-0.05, 0) is 25.3 Å². The zero-order chi connectivity index (χ0) is 12.7. The van der Waals surface area contributed by atoms with Crippen LogP contribution in [0.25, 0.3) is 0 Å². The summed E-state index contributed by atoms with van der Waals surface area (Å²) in [6, 6.07) is 0. The summed E-state index contributed by atoms with van der Waals surface area (Å²) < 4.78 is 0.363. The second-order valence-electron chi connectivity index (χ2n) is 3.80. The molecular formula is C11H20N4OS. The first-order valence-corrected chi connectivity index (χ1v) is 6.32. The lowest BCUT2D eigenvalue weighted by atomic mass is 10.3. The SMILES string of the molecule is CCN(CC)CCNCc1c[nH]c(=S)[nH]c1=O. The van der Waals surface area contributed by atoms with E-state index in [0.29, 0.717) is 16.9 Å². The number of hydrogen-bond acceptors (Lipinski definition) is 4. The van der Waals surface area contributed by atoms with E-state index in [0.717, 1.165) is 26.2 Å². The molecule has 0 amide bonds. The van der Waals surface area contributed by atoms with Crippen LogP contribution in [0.1, 0.15) is 19.4 Å². The van der Waals surface area contributed by atoms with E-state index < -0.39 is 0 Å². The van der Waals surface area contributed by atoms with Crippen LogP contribution in [0.4, 0.5) is 0 Å². The predicted molar refractivity (Wildman–Crippen MR) is 71.7 cm³/mol. The lowest BCUT2D eigenvalue weighted by Gasteiger charge is -2.17. The van der Waals surface area contributed by atoms with Crippen LogP contribution in [-0.4, -0.2) is 41.0 Å². The molecular weight excluding hydrogens is 236 g/mol. The van der Waals surface area contributed by atoms with E-state index in [1.54, 1.807) is 6.20 Å². The normalized spacial score (nSPS) is 11.0. The van der Waals surface area contributed by atoms with Crippen molar-refractivity contribution in [1.82, 2.24) is 20.2 Å². The number of nitrogens with zero attached hydrogens (tertiary/aromatic N) is 1. The minimum absolute atomic E-state index is 0.121. The molecule has 0 radical (unpaired) electrons. The Morgan fingerprint density at radius 3 is 2.71 bits per heavy atom. The number of aromatic nitrogens is 2. The summed E-state index contributed by atoms with van der Waals surface area (Å²) in [6.45, 7) is 8.82. The number of likely N-dealkylation sites (N-methyl/N-ethyl adjacent to an activating group) is 1. The van der Waals surface area contributed by atoms with Crippen molar-refractivity contribution >= 4 is 12.2 Å². The Labute approximate surface area is 106 Å². The van der Waals surface area contributed by atoms with Crippen LogP contribution < -0.4 is 10.9 Å². The minimum atomic E-state index is -0.121. The highest BCUT2D eigenvalue weighted by atomic mass is 32.1. The third-order valence-electron chi connectivity index (χ3n) is 2.71. The maximum absolute atomic E-state index is 11.5. The van der Waals surface area contributed by atoms with Crippen molar-refractivity contribution in [2.45, 2.75) is 20.4 Å². The molecule has 0 fully saturated rings. The van der Waals surface area contributed by atoms with Gasteiger partial charge in [0.15, 0.2) is 4.77 Å². The van der Waals surface area contributed by atoms with Crippen molar-refractivity contribution in [2.75, 3.05) is 26.2 Å². The van der Waals surface area contributed by atoms with Gasteiger partial charge in [-0.1, -0.05) is 13.8 Å². The molecule has 0 unspecified atom stereocenters. The molecule has 1 rings (SSSR count). The summed E-state index contributed by atoms with van der Waals surface area (Å²) in [6.07, 6.45) is 1.66. The van der Waals surface area contributed by atoms with Crippen molar-refractivity contribution in [1.29, 1.82) is 0 Å². The topological polar surface area (TPSA) is 63.9 Å². The molecule has 0 saturated carbocycles. The summed E-state index contributed by atoms with van der Waals surface area (Å²) in [5.74, 6) is 0. The Morgan fingerprint density at radius 1 is 1.41 bits per heavy atom. The largest absolute Gasteiger partial charge is 0.338 e. The molecule has 0 saturated heterocycles. The summed E-state index contributed by atoms with van der Waals surface area (Å²) in [4.78, 5) is 19.2. The molecule has 1 heterocycles. The molecule has 0 spiro atoms. The van der Waals surface area contributed by atoms with Crippen LogP contribution >= 0.6 is 12.2 Å². The second-order valence-corrected chi connectivity index (χ2v) is 4.21. The fourth-order valence-electron chi connectivity index (χ4n) is 1.57. The third kappa shape index (κ3) is 4.80. The summed E-state index contributed by atoms with van der Waals surface area (Å²) in [7, 11) is 0. The highest BCUT2D eigenvalue weighted by Crippen LogP contribution is 1.88. The first kappa shape index (κ1) is 14.1. The lowest BCUT2D eigenvalue weighted by Crippen LogP contribution is -2.32. The number of hydrogen-bond donors (Lipinski definition) is 3. The van der Waals surface area contributed by atoms with Crippen molar-refractivity contribution in [3.05, 3.63) is 26.9 Å². The van der Waals surface area contributed by atoms with Gasteiger partial charge in [0.1, 0.15) is 0 Å². The fraction of sp³-hybridized carbons (Fsp3) is 0.636. The minimum Gasteiger partial charge on any atom is -0.338 e. The molecule has 0 bridgehead atoms. The van der Waals surface area contributed by atoms with E-state index in [2.05, 4.69) is 34.0 Å². The van der Waals surface area contributed by atoms with Crippen molar-refractivity contribution in [3.63, 3.8) is 0 Å². The van der Waals surface area contributed by atoms with Gasteiger partial charge in [-0.25, -0.2) is 0 Å². The fourth-order valence-corrected chi connectivity index (χ4v) is 1.72. The Balaban J connectivity index is 2.36. The molecule has 0 aromatic carbocycles. The summed E-state index contributed by atoms with van der Waals surface area (Å²) >= 11 is 4.82. The van der Waals surface area contributed by atoms with E-state index in [4.69, 9.17) is 12.2 Å². The first-order chi connectivity index (χ1) is 8.17. The van der Waals surface area contributed by atoms with Gasteiger partial charge in [0.2, 0.25) is 0 Å². The molecule has 96 valence electrons. The number of rotatable bonds is 7. The van der Waals surface area contributed by atoms with Crippen LogP contribution in [-0.2, 0) is 6.54 Å². The van der Waals surface area contributed by atoms with E-state index >= 15 is 0 Å². The van der Waals surface area contributed by atoms with Crippen molar-refractivity contribution < 1.29 is 0 Å². The van der Waals surface area contributed by atoms with Crippen LogP contribution in [0.2, 0.25) is 0 Å². The van der Waals surface area contributed by atoms with Gasteiger partial charge >= 0.3 is 0 Å². The maximum atomic E-state index is 11.5. The monoisotopic (exact) mass is 256 g/mol. The van der Waals surface area contributed by atoms with Gasteiger partial charge in [0, 0.05) is 31.4 Å². The third-order valence-corrected chi connectivity index (χ3v) is 2.93. The first-order valence-electron chi connectivity index (χ1n) is 5.91. The van der Waals surface area contributed by atoms with E-state index in [-0.39, 0.29) is 5.56 Å². The van der Waals surface area contributed by atoms with Gasteiger partial charge in [-0.15, -0.1) is 0 Å². The van der Waals surface area contributed by atoms with Gasteiger partial charge in [-0.2, -0.15) is 0 Å². The van der Waals surface area contributed by atoms with Crippen LogP contribution in [0.3, 0.4) is 0 Å². The molecule has 0 aliphatic carbocycles. The van der Waals surface area contributed by atoms with Crippen LogP contribution in [0.15, 0.2) is 11.0 Å². The van der Waals surface area contributed by atoms with Gasteiger partial charge in [0.05, 0.1) is 0 Å². The lowest BCUT2D eigenvalue weighted by molar-refractivity contribution is 0.302. The number of nitrogens with one attached hydrogen (secondary N) is 3. The highest BCUT2D eigenvalue weighted by Gasteiger charge is 2.00. The molecule has 0 atom stereocenters. The average molecular weight is 256 g/mol. The molecule has 0 aliphatic rings. The number of aromatic amines is 2. The van der Waals surface area contributed by atoms with Crippen LogP contribution in [0, 0.1) is 4.77 Å². The van der Waals surface area contributed by atoms with Crippen molar-refractivity contribution in [2.24, 2.45) is 0 Å². The van der Waals surface area contributed by atoms with Gasteiger partial charge < -0.3 is 15.2 Å². The smallest absolute Gasteiger partial charge is 0.256 e. The zero-order valence-electron chi connectivity index (χ0n) is 10.4. The Morgan fingerprint density at radius 2 is 2.12 bits per heavy atom. The Hall–Kier alpha value is -0.980. The molecule has 1 aromatic heterocycles. The molecule has 6 heteroatoms. The summed E-state index contributed by atoms with van der Waals surface area (Å²) in [5.41, 5.74) is 0.558. The molecule has 3 N–H and O–H groups in total. The van der Waals surface area contributed by atoms with Gasteiger partial charge in [-0.3, -0.25) is 9.78 Å². The quantitative estimate of drug-likeness (QED) is 0.500. The average Bonchev–Trinajstić information content (AvgIpc) is 2.32. The Bertz CT molecular complexity index is 436. The molecule has 1 aromatic rings. The van der Waals surface area contributed by atoms with E-state index in [1.807, 2.05) is 0 Å².